The summed E-state index contributed by atoms with van der Waals surface area (Å²) in [5.41, 5.74) is 1.92. The second-order valence-electron chi connectivity index (χ2n) is 4.57. The minimum Gasteiger partial charge on any atom is -0.426 e. The average Bonchev–Trinajstić information content (AvgIpc) is 2.37. The molecule has 1 unspecified atom stereocenters. The van der Waals surface area contributed by atoms with Crippen molar-refractivity contribution in [1.82, 2.24) is 0 Å². The average molecular weight is 253 g/mol. The minimum atomic E-state index is -0.197. The molecule has 19 heavy (non-hydrogen) atoms. The van der Waals surface area contributed by atoms with Crippen LogP contribution in [0.25, 0.3) is 0 Å². The number of ether oxygens (including phenoxy) is 1. The number of anilines is 1. The third-order valence-electron chi connectivity index (χ3n) is 3.15. The van der Waals surface area contributed by atoms with E-state index < -0.39 is 0 Å². The quantitative estimate of drug-likeness (QED) is 0.470. The predicted octanol–water partition coefficient (Wildman–Crippen LogP) is 2.17. The monoisotopic (exact) mass is 253 g/mol. The van der Waals surface area contributed by atoms with Crippen LogP contribution in [0.2, 0.25) is 0 Å². The zero-order valence-electron chi connectivity index (χ0n) is 10.8. The maximum absolute atomic E-state index is 11.5. The Kier molecular flexibility index (Phi) is 3.78. The number of carbonyl (C=O) groups is 1. The van der Waals surface area contributed by atoms with Crippen molar-refractivity contribution < 1.29 is 9.53 Å². The number of hydrogen-bond acceptors (Lipinski definition) is 3. The molecule has 0 aliphatic carbocycles. The molecule has 0 spiro atoms. The molecule has 96 valence electrons. The van der Waals surface area contributed by atoms with Gasteiger partial charge in [-0.15, -0.1) is 12.8 Å². The van der Waals surface area contributed by atoms with Gasteiger partial charge in [0.25, 0.3) is 0 Å². The van der Waals surface area contributed by atoms with E-state index in [1.54, 1.807) is 0 Å². The Labute approximate surface area is 113 Å². The van der Waals surface area contributed by atoms with Gasteiger partial charge in [-0.1, -0.05) is 24.8 Å². The molecular weight excluding hydrogens is 238 g/mol. The predicted molar refractivity (Wildman–Crippen MR) is 75.0 cm³/mol. The van der Waals surface area contributed by atoms with Gasteiger partial charge in [-0.05, 0) is 17.5 Å². The van der Waals surface area contributed by atoms with E-state index in [1.165, 1.54) is 0 Å². The first-order chi connectivity index (χ1) is 9.15. The third kappa shape index (κ3) is 2.72. The molecule has 0 bridgehead atoms. The van der Waals surface area contributed by atoms with Crippen LogP contribution >= 0.6 is 0 Å². The van der Waals surface area contributed by atoms with Crippen LogP contribution in [0.3, 0.4) is 0 Å². The summed E-state index contributed by atoms with van der Waals surface area (Å²) in [4.78, 5) is 13.4. The number of esters is 1. The van der Waals surface area contributed by atoms with Crippen molar-refractivity contribution in [3.05, 3.63) is 23.8 Å². The molecule has 0 saturated carbocycles. The Morgan fingerprint density at radius 3 is 2.68 bits per heavy atom. The molecule has 3 heteroatoms. The van der Waals surface area contributed by atoms with E-state index in [0.29, 0.717) is 25.3 Å². The number of carbonyl (C=O) groups excluding carboxylic acids is 1. The Morgan fingerprint density at radius 2 is 2.05 bits per heavy atom. The molecule has 3 nitrogen and oxygen atoms in total. The van der Waals surface area contributed by atoms with Gasteiger partial charge in [0.1, 0.15) is 5.75 Å². The lowest BCUT2D eigenvalue weighted by atomic mass is 9.94. The van der Waals surface area contributed by atoms with Crippen LogP contribution in [0.15, 0.2) is 18.2 Å². The van der Waals surface area contributed by atoms with Gasteiger partial charge in [0.05, 0.1) is 19.5 Å². The molecule has 1 aliphatic heterocycles. The molecule has 0 saturated heterocycles. The van der Waals surface area contributed by atoms with Gasteiger partial charge in [-0.25, -0.2) is 0 Å². The summed E-state index contributed by atoms with van der Waals surface area (Å²) in [6.45, 7) is 2.86. The van der Waals surface area contributed by atoms with Gasteiger partial charge in [-0.3, -0.25) is 4.79 Å². The van der Waals surface area contributed by atoms with Crippen molar-refractivity contribution in [2.75, 3.05) is 18.0 Å². The third-order valence-corrected chi connectivity index (χ3v) is 3.15. The van der Waals surface area contributed by atoms with Crippen LogP contribution in [0, 0.1) is 24.7 Å². The number of benzene rings is 1. The van der Waals surface area contributed by atoms with E-state index in [9.17, 15) is 4.79 Å². The van der Waals surface area contributed by atoms with Gasteiger partial charge in [0, 0.05) is 11.8 Å². The van der Waals surface area contributed by atoms with Crippen molar-refractivity contribution in [3.8, 4) is 30.4 Å². The van der Waals surface area contributed by atoms with Crippen molar-refractivity contribution in [1.29, 1.82) is 0 Å². The molecule has 0 N–H and O–H groups in total. The normalized spacial score (nSPS) is 16.8. The summed E-state index contributed by atoms with van der Waals surface area (Å²) in [6, 6.07) is 5.77. The number of terminal acetylenes is 2. The maximum Gasteiger partial charge on any atom is 0.311 e. The second-order valence-corrected chi connectivity index (χ2v) is 4.57. The Hall–Kier alpha value is -2.39. The van der Waals surface area contributed by atoms with E-state index >= 15 is 0 Å². The van der Waals surface area contributed by atoms with Gasteiger partial charge in [0.2, 0.25) is 0 Å². The lowest BCUT2D eigenvalue weighted by Crippen LogP contribution is -2.25. The molecule has 1 aliphatic rings. The molecule has 1 aromatic rings. The SMILES string of the molecule is C#CCN(CC#C)c1ccc2c(c1)OC(=O)CC2C. The molecule has 1 atom stereocenters. The van der Waals surface area contributed by atoms with E-state index in [0.717, 1.165) is 11.3 Å². The largest absolute Gasteiger partial charge is 0.426 e. The molecule has 1 heterocycles. The summed E-state index contributed by atoms with van der Waals surface area (Å²) >= 11 is 0. The highest BCUT2D eigenvalue weighted by Gasteiger charge is 2.24. The Bertz CT molecular complexity index is 561. The topological polar surface area (TPSA) is 29.5 Å². The van der Waals surface area contributed by atoms with Gasteiger partial charge < -0.3 is 9.64 Å². The number of hydrogen-bond donors (Lipinski definition) is 0. The molecule has 0 aromatic heterocycles. The lowest BCUT2D eigenvalue weighted by molar-refractivity contribution is -0.135. The molecule has 0 fully saturated rings. The van der Waals surface area contributed by atoms with E-state index in [2.05, 4.69) is 11.8 Å². The lowest BCUT2D eigenvalue weighted by Gasteiger charge is -2.25. The van der Waals surface area contributed by atoms with Crippen molar-refractivity contribution >= 4 is 11.7 Å². The minimum absolute atomic E-state index is 0.180. The highest BCUT2D eigenvalue weighted by Crippen LogP contribution is 2.36. The number of rotatable bonds is 3. The standard InChI is InChI=1S/C16H15NO2/c1-4-8-17(9-5-2)13-6-7-14-12(3)10-16(18)19-15(14)11-13/h1-2,6-7,11-12H,8-10H2,3H3. The summed E-state index contributed by atoms with van der Waals surface area (Å²) in [7, 11) is 0. The highest BCUT2D eigenvalue weighted by molar-refractivity contribution is 5.77. The summed E-state index contributed by atoms with van der Waals surface area (Å²) in [5.74, 6) is 5.74. The fraction of sp³-hybridized carbons (Fsp3) is 0.312. The van der Waals surface area contributed by atoms with E-state index in [1.807, 2.05) is 30.0 Å². The molecular formula is C16H15NO2. The summed E-state index contributed by atoms with van der Waals surface area (Å²) in [6.07, 6.45) is 11.1. The van der Waals surface area contributed by atoms with Crippen molar-refractivity contribution in [3.63, 3.8) is 0 Å². The fourth-order valence-corrected chi connectivity index (χ4v) is 2.20. The van der Waals surface area contributed by atoms with E-state index in [-0.39, 0.29) is 11.9 Å². The smallest absolute Gasteiger partial charge is 0.311 e. The van der Waals surface area contributed by atoms with Crippen LogP contribution < -0.4 is 9.64 Å². The summed E-state index contributed by atoms with van der Waals surface area (Å²) in [5, 5.41) is 0. The number of fused-ring (bicyclic) bond motifs is 1. The zero-order valence-corrected chi connectivity index (χ0v) is 10.8. The van der Waals surface area contributed by atoms with Crippen molar-refractivity contribution in [2.24, 2.45) is 0 Å². The van der Waals surface area contributed by atoms with Gasteiger partial charge in [-0.2, -0.15) is 0 Å². The van der Waals surface area contributed by atoms with Crippen LogP contribution in [-0.4, -0.2) is 19.1 Å². The zero-order chi connectivity index (χ0) is 13.8. The van der Waals surface area contributed by atoms with Gasteiger partial charge >= 0.3 is 5.97 Å². The molecule has 0 radical (unpaired) electrons. The molecule has 1 aromatic carbocycles. The second kappa shape index (κ2) is 5.50. The fourth-order valence-electron chi connectivity index (χ4n) is 2.20. The first kappa shape index (κ1) is 13.1. The maximum atomic E-state index is 11.5. The van der Waals surface area contributed by atoms with Crippen molar-refractivity contribution in [2.45, 2.75) is 19.3 Å². The van der Waals surface area contributed by atoms with Gasteiger partial charge in [0.15, 0.2) is 0 Å². The first-order valence-corrected chi connectivity index (χ1v) is 6.12. The van der Waals surface area contributed by atoms with Crippen LogP contribution in [-0.2, 0) is 4.79 Å². The first-order valence-electron chi connectivity index (χ1n) is 6.12. The Balaban J connectivity index is 2.35. The molecule has 0 amide bonds. The van der Waals surface area contributed by atoms with Crippen LogP contribution in [0.5, 0.6) is 5.75 Å². The number of nitrogens with zero attached hydrogens (tertiary/aromatic N) is 1. The van der Waals surface area contributed by atoms with Crippen LogP contribution in [0.1, 0.15) is 24.8 Å². The van der Waals surface area contributed by atoms with E-state index in [4.69, 9.17) is 17.6 Å². The van der Waals surface area contributed by atoms with Crippen LogP contribution in [0.4, 0.5) is 5.69 Å². The molecule has 2 rings (SSSR count). The summed E-state index contributed by atoms with van der Waals surface area (Å²) < 4.78 is 5.28. The highest BCUT2D eigenvalue weighted by atomic mass is 16.5. The Morgan fingerprint density at radius 1 is 1.37 bits per heavy atom.